The largest absolute Gasteiger partial charge is 1.00 e. The minimum absolute atomic E-state index is 0. The van der Waals surface area contributed by atoms with Crippen molar-refractivity contribution in [1.82, 2.24) is 0 Å². The SMILES string of the molecule is CC(C)CCOc1ccccc1CC[NH+]1CCCC1.[Cl-]. The van der Waals surface area contributed by atoms with E-state index in [1.54, 1.807) is 4.90 Å². The first-order valence-corrected chi connectivity index (χ1v) is 7.80. The highest BCUT2D eigenvalue weighted by Crippen LogP contribution is 2.18. The molecule has 1 aromatic rings. The quantitative estimate of drug-likeness (QED) is 0.705. The second-order valence-electron chi connectivity index (χ2n) is 6.10. The van der Waals surface area contributed by atoms with Crippen LogP contribution in [0.4, 0.5) is 0 Å². The predicted octanol–water partition coefficient (Wildman–Crippen LogP) is -0.663. The third-order valence-electron chi connectivity index (χ3n) is 3.98. The van der Waals surface area contributed by atoms with Gasteiger partial charge in [-0.3, -0.25) is 0 Å². The Morgan fingerprint density at radius 3 is 2.55 bits per heavy atom. The van der Waals surface area contributed by atoms with Gasteiger partial charge >= 0.3 is 0 Å². The van der Waals surface area contributed by atoms with E-state index in [1.165, 1.54) is 38.0 Å². The zero-order chi connectivity index (χ0) is 13.5. The van der Waals surface area contributed by atoms with Crippen LogP contribution in [0.5, 0.6) is 5.75 Å². The van der Waals surface area contributed by atoms with Gasteiger partial charge in [-0.25, -0.2) is 0 Å². The first-order chi connectivity index (χ1) is 9.25. The van der Waals surface area contributed by atoms with Crippen LogP contribution in [-0.4, -0.2) is 26.2 Å². The Hall–Kier alpha value is -0.730. The lowest BCUT2D eigenvalue weighted by Gasteiger charge is -2.15. The number of ether oxygens (including phenoxy) is 1. The van der Waals surface area contributed by atoms with Crippen LogP contribution in [-0.2, 0) is 6.42 Å². The van der Waals surface area contributed by atoms with Crippen LogP contribution in [0.15, 0.2) is 24.3 Å². The lowest BCUT2D eigenvalue weighted by atomic mass is 10.1. The van der Waals surface area contributed by atoms with Crippen LogP contribution >= 0.6 is 0 Å². The molecule has 0 aromatic heterocycles. The van der Waals surface area contributed by atoms with Gasteiger partial charge in [0.1, 0.15) is 5.75 Å². The number of nitrogens with one attached hydrogen (secondary N) is 1. The lowest BCUT2D eigenvalue weighted by Crippen LogP contribution is -3.10. The first kappa shape index (κ1) is 17.3. The number of rotatable bonds is 7. The zero-order valence-corrected chi connectivity index (χ0v) is 13.6. The normalized spacial score (nSPS) is 15.3. The smallest absolute Gasteiger partial charge is 0.122 e. The molecular weight excluding hydrogens is 270 g/mol. The van der Waals surface area contributed by atoms with Crippen molar-refractivity contribution in [2.24, 2.45) is 5.92 Å². The van der Waals surface area contributed by atoms with E-state index in [4.69, 9.17) is 4.74 Å². The standard InChI is InChI=1S/C17H27NO.ClH/c1-15(2)10-14-19-17-8-4-3-7-16(17)9-13-18-11-5-6-12-18;/h3-4,7-8,15H,5-6,9-14H2,1-2H3;1H. The Balaban J connectivity index is 0.00000200. The zero-order valence-electron chi connectivity index (χ0n) is 12.8. The summed E-state index contributed by atoms with van der Waals surface area (Å²) >= 11 is 0. The van der Waals surface area contributed by atoms with Gasteiger partial charge in [-0.15, -0.1) is 0 Å². The summed E-state index contributed by atoms with van der Waals surface area (Å²) in [6.45, 7) is 9.29. The number of hydrogen-bond acceptors (Lipinski definition) is 1. The Labute approximate surface area is 129 Å². The molecule has 1 N–H and O–H groups in total. The lowest BCUT2D eigenvalue weighted by molar-refractivity contribution is -0.887. The van der Waals surface area contributed by atoms with Crippen molar-refractivity contribution in [3.05, 3.63) is 29.8 Å². The molecule has 1 saturated heterocycles. The average Bonchev–Trinajstić information content (AvgIpc) is 2.90. The number of hydrogen-bond donors (Lipinski definition) is 1. The minimum Gasteiger partial charge on any atom is -1.00 e. The van der Waals surface area contributed by atoms with Crippen LogP contribution in [0.25, 0.3) is 0 Å². The number of benzene rings is 1. The fraction of sp³-hybridized carbons (Fsp3) is 0.647. The summed E-state index contributed by atoms with van der Waals surface area (Å²) in [6.07, 6.45) is 5.09. The van der Waals surface area contributed by atoms with Crippen LogP contribution < -0.4 is 22.0 Å². The van der Waals surface area contributed by atoms with E-state index in [0.29, 0.717) is 5.92 Å². The van der Waals surface area contributed by atoms with E-state index in [9.17, 15) is 0 Å². The second-order valence-corrected chi connectivity index (χ2v) is 6.10. The monoisotopic (exact) mass is 297 g/mol. The molecule has 1 aliphatic heterocycles. The molecule has 3 heteroatoms. The third kappa shape index (κ3) is 5.72. The molecule has 0 saturated carbocycles. The van der Waals surface area contributed by atoms with Crippen LogP contribution in [0.1, 0.15) is 38.7 Å². The molecule has 2 nitrogen and oxygen atoms in total. The fourth-order valence-corrected chi connectivity index (χ4v) is 2.69. The molecule has 1 fully saturated rings. The summed E-state index contributed by atoms with van der Waals surface area (Å²) in [5.74, 6) is 1.81. The molecule has 0 unspecified atom stereocenters. The third-order valence-corrected chi connectivity index (χ3v) is 3.98. The maximum absolute atomic E-state index is 5.95. The maximum atomic E-state index is 5.95. The number of para-hydroxylation sites is 1. The summed E-state index contributed by atoms with van der Waals surface area (Å²) in [4.78, 5) is 1.76. The Morgan fingerprint density at radius 2 is 1.85 bits per heavy atom. The molecule has 0 bridgehead atoms. The second kappa shape index (κ2) is 9.25. The molecule has 20 heavy (non-hydrogen) atoms. The molecular formula is C17H28ClNO. The molecule has 0 atom stereocenters. The van der Waals surface area contributed by atoms with Gasteiger partial charge in [-0.1, -0.05) is 32.0 Å². The molecule has 2 rings (SSSR count). The molecule has 0 spiro atoms. The number of likely N-dealkylation sites (tertiary alicyclic amines) is 1. The molecule has 0 amide bonds. The van der Waals surface area contributed by atoms with E-state index < -0.39 is 0 Å². The Bertz CT molecular complexity index is 375. The van der Waals surface area contributed by atoms with Crippen LogP contribution in [0, 0.1) is 5.92 Å². The van der Waals surface area contributed by atoms with E-state index >= 15 is 0 Å². The fourth-order valence-electron chi connectivity index (χ4n) is 2.69. The average molecular weight is 298 g/mol. The van der Waals surface area contributed by atoms with Crippen LogP contribution in [0.3, 0.4) is 0 Å². The van der Waals surface area contributed by atoms with E-state index in [0.717, 1.165) is 25.2 Å². The summed E-state index contributed by atoms with van der Waals surface area (Å²) in [5, 5.41) is 0. The van der Waals surface area contributed by atoms with Gasteiger partial charge in [0.2, 0.25) is 0 Å². The van der Waals surface area contributed by atoms with Crippen LogP contribution in [0.2, 0.25) is 0 Å². The van der Waals surface area contributed by atoms with Crippen molar-refractivity contribution >= 4 is 0 Å². The molecule has 0 aliphatic carbocycles. The van der Waals surface area contributed by atoms with Crippen molar-refractivity contribution in [1.29, 1.82) is 0 Å². The van der Waals surface area contributed by atoms with Gasteiger partial charge in [0.25, 0.3) is 0 Å². The molecule has 114 valence electrons. The van der Waals surface area contributed by atoms with Crippen molar-refractivity contribution in [2.45, 2.75) is 39.5 Å². The molecule has 1 heterocycles. The highest BCUT2D eigenvalue weighted by atomic mass is 35.5. The van der Waals surface area contributed by atoms with Gasteiger partial charge in [0.05, 0.1) is 26.2 Å². The van der Waals surface area contributed by atoms with E-state index in [1.807, 2.05) is 0 Å². The first-order valence-electron chi connectivity index (χ1n) is 7.80. The molecule has 0 radical (unpaired) electrons. The Morgan fingerprint density at radius 1 is 1.15 bits per heavy atom. The highest BCUT2D eigenvalue weighted by molar-refractivity contribution is 5.33. The summed E-state index contributed by atoms with van der Waals surface area (Å²) in [6, 6.07) is 8.55. The maximum Gasteiger partial charge on any atom is 0.122 e. The summed E-state index contributed by atoms with van der Waals surface area (Å²) < 4.78 is 5.95. The molecule has 1 aromatic carbocycles. The van der Waals surface area contributed by atoms with Gasteiger partial charge in [0.15, 0.2) is 0 Å². The number of halogens is 1. The topological polar surface area (TPSA) is 13.7 Å². The Kier molecular flexibility index (Phi) is 8.01. The van der Waals surface area contributed by atoms with Gasteiger partial charge < -0.3 is 22.0 Å². The predicted molar refractivity (Wildman–Crippen MR) is 79.9 cm³/mol. The minimum atomic E-state index is 0. The summed E-state index contributed by atoms with van der Waals surface area (Å²) in [7, 11) is 0. The van der Waals surface area contributed by atoms with Crippen molar-refractivity contribution in [3.8, 4) is 5.75 Å². The van der Waals surface area contributed by atoms with Gasteiger partial charge in [-0.2, -0.15) is 0 Å². The number of quaternary nitrogens is 1. The van der Waals surface area contributed by atoms with E-state index in [2.05, 4.69) is 38.1 Å². The summed E-state index contributed by atoms with van der Waals surface area (Å²) in [5.41, 5.74) is 1.38. The van der Waals surface area contributed by atoms with Crippen molar-refractivity contribution in [2.75, 3.05) is 26.2 Å². The van der Waals surface area contributed by atoms with E-state index in [-0.39, 0.29) is 12.4 Å². The van der Waals surface area contributed by atoms with Gasteiger partial charge in [-0.05, 0) is 24.0 Å². The highest BCUT2D eigenvalue weighted by Gasteiger charge is 2.15. The van der Waals surface area contributed by atoms with Crippen molar-refractivity contribution in [3.63, 3.8) is 0 Å². The van der Waals surface area contributed by atoms with Gasteiger partial charge in [0, 0.05) is 19.3 Å². The van der Waals surface area contributed by atoms with Crippen molar-refractivity contribution < 1.29 is 22.0 Å². The molecule has 1 aliphatic rings.